The largest absolute Gasteiger partial charge is 0.463 e. The van der Waals surface area contributed by atoms with Gasteiger partial charge < -0.3 is 39.6 Å². The summed E-state index contributed by atoms with van der Waals surface area (Å²) in [6.45, 7) is 5.91. The van der Waals surface area contributed by atoms with Gasteiger partial charge in [0.25, 0.3) is 0 Å². The molecule has 2 saturated heterocycles. The van der Waals surface area contributed by atoms with Crippen LogP contribution in [-0.2, 0) is 42.9 Å². The summed E-state index contributed by atoms with van der Waals surface area (Å²) >= 11 is 5.36. The highest BCUT2D eigenvalue weighted by atomic mass is 32.1. The second-order valence-corrected chi connectivity index (χ2v) is 8.18. The molecule has 0 aromatic carbocycles. The quantitative estimate of drug-likeness (QED) is 0.224. The van der Waals surface area contributed by atoms with Gasteiger partial charge in [0.2, 0.25) is 0 Å². The van der Waals surface area contributed by atoms with Crippen LogP contribution in [0.2, 0.25) is 0 Å². The first-order valence-electron chi connectivity index (χ1n) is 10.6. The van der Waals surface area contributed by atoms with Gasteiger partial charge in [-0.2, -0.15) is 0 Å². The lowest BCUT2D eigenvalue weighted by atomic mass is 9.97. The highest BCUT2D eigenvalue weighted by Gasteiger charge is 2.52. The van der Waals surface area contributed by atoms with Gasteiger partial charge in [0.1, 0.15) is 12.7 Å². The Kier molecular flexibility index (Phi) is 10.3. The normalized spacial score (nSPS) is 28.8. The van der Waals surface area contributed by atoms with Crippen LogP contribution in [0, 0.1) is 0 Å². The summed E-state index contributed by atoms with van der Waals surface area (Å²) in [5, 5.41) is 9.53. The zero-order chi connectivity index (χ0) is 24.5. The van der Waals surface area contributed by atoms with E-state index in [2.05, 4.69) is 16.0 Å². The molecular formula is C20H31N3O9S. The number of ether oxygens (including phenoxy) is 5. The lowest BCUT2D eigenvalue weighted by Gasteiger charge is -2.44. The van der Waals surface area contributed by atoms with Gasteiger partial charge in [-0.05, 0) is 31.6 Å². The minimum absolute atomic E-state index is 0.213. The van der Waals surface area contributed by atoms with E-state index in [-0.39, 0.29) is 17.8 Å². The Labute approximate surface area is 197 Å². The highest BCUT2D eigenvalue weighted by molar-refractivity contribution is 7.80. The Bertz CT molecular complexity index is 744. The van der Waals surface area contributed by atoms with Crippen molar-refractivity contribution in [2.45, 2.75) is 77.2 Å². The Morgan fingerprint density at radius 3 is 2.09 bits per heavy atom. The maximum atomic E-state index is 11.8. The topological polar surface area (TPSA) is 151 Å². The minimum Gasteiger partial charge on any atom is -0.463 e. The Morgan fingerprint density at radius 2 is 1.55 bits per heavy atom. The molecule has 2 fully saturated rings. The van der Waals surface area contributed by atoms with E-state index in [1.54, 1.807) is 0 Å². The number of hydrogen-bond donors (Lipinski definition) is 3. The molecule has 2 rings (SSSR count). The van der Waals surface area contributed by atoms with Crippen molar-refractivity contribution in [3.63, 3.8) is 0 Å². The molecule has 6 atom stereocenters. The molecule has 0 radical (unpaired) electrons. The minimum atomic E-state index is -1.25. The zero-order valence-electron chi connectivity index (χ0n) is 19.1. The van der Waals surface area contributed by atoms with Crippen LogP contribution in [0.5, 0.6) is 0 Å². The van der Waals surface area contributed by atoms with Crippen LogP contribution in [0.25, 0.3) is 0 Å². The molecule has 0 aromatic heterocycles. The molecule has 12 nitrogen and oxygen atoms in total. The third-order valence-corrected chi connectivity index (χ3v) is 5.20. The summed E-state index contributed by atoms with van der Waals surface area (Å²) in [6.07, 6.45) is -3.72. The molecule has 0 unspecified atom stereocenters. The monoisotopic (exact) mass is 489 g/mol. The van der Waals surface area contributed by atoms with E-state index in [1.165, 1.54) is 13.8 Å². The first-order chi connectivity index (χ1) is 15.6. The molecular weight excluding hydrogens is 458 g/mol. The predicted octanol–water partition coefficient (Wildman–Crippen LogP) is -0.714. The fourth-order valence-corrected chi connectivity index (χ4v) is 3.87. The van der Waals surface area contributed by atoms with Gasteiger partial charge in [0.05, 0.1) is 0 Å². The van der Waals surface area contributed by atoms with E-state index in [0.29, 0.717) is 6.54 Å². The third-order valence-electron chi connectivity index (χ3n) is 4.94. The Hall–Kier alpha value is -2.51. The van der Waals surface area contributed by atoms with Crippen LogP contribution in [0.1, 0.15) is 40.5 Å². The summed E-state index contributed by atoms with van der Waals surface area (Å²) in [5.41, 5.74) is 0. The van der Waals surface area contributed by atoms with Crippen molar-refractivity contribution < 1.29 is 42.9 Å². The molecule has 186 valence electrons. The van der Waals surface area contributed by atoms with Gasteiger partial charge in [-0.25, -0.2) is 0 Å². The van der Waals surface area contributed by atoms with Crippen LogP contribution in [-0.4, -0.2) is 85.4 Å². The number of carbonyl (C=O) groups is 4. The van der Waals surface area contributed by atoms with Crippen molar-refractivity contribution in [3.05, 3.63) is 0 Å². The maximum absolute atomic E-state index is 11.8. The molecule has 2 aliphatic heterocycles. The first kappa shape index (κ1) is 26.7. The van der Waals surface area contributed by atoms with E-state index in [4.69, 9.17) is 35.9 Å². The Balaban J connectivity index is 2.25. The fourth-order valence-electron chi connectivity index (χ4n) is 3.67. The molecule has 3 N–H and O–H groups in total. The van der Waals surface area contributed by atoms with Crippen LogP contribution in [0.4, 0.5) is 0 Å². The summed E-state index contributed by atoms with van der Waals surface area (Å²) in [6, 6.07) is 0.264. The number of hydrogen-bond acceptors (Lipinski definition) is 11. The molecule has 2 heterocycles. The third kappa shape index (κ3) is 8.74. The fraction of sp³-hybridized carbons (Fsp3) is 0.750. The van der Waals surface area contributed by atoms with Crippen molar-refractivity contribution in [3.8, 4) is 0 Å². The Morgan fingerprint density at radius 1 is 0.939 bits per heavy atom. The van der Waals surface area contributed by atoms with E-state index in [9.17, 15) is 19.2 Å². The van der Waals surface area contributed by atoms with Gasteiger partial charge in [0.15, 0.2) is 29.7 Å². The van der Waals surface area contributed by atoms with E-state index >= 15 is 0 Å². The van der Waals surface area contributed by atoms with Crippen LogP contribution < -0.4 is 16.0 Å². The van der Waals surface area contributed by atoms with Crippen molar-refractivity contribution in [1.29, 1.82) is 0 Å². The lowest BCUT2D eigenvalue weighted by molar-refractivity contribution is -0.254. The van der Waals surface area contributed by atoms with Crippen LogP contribution in [0.15, 0.2) is 0 Å². The van der Waals surface area contributed by atoms with Crippen molar-refractivity contribution >= 4 is 41.2 Å². The van der Waals surface area contributed by atoms with Crippen molar-refractivity contribution in [2.75, 3.05) is 19.7 Å². The molecule has 0 amide bonds. The van der Waals surface area contributed by atoms with Crippen molar-refractivity contribution in [2.24, 2.45) is 0 Å². The summed E-state index contributed by atoms with van der Waals surface area (Å²) in [5.74, 6) is -2.66. The molecule has 13 heteroatoms. The number of esters is 4. The maximum Gasteiger partial charge on any atom is 0.303 e. The highest BCUT2D eigenvalue weighted by Crippen LogP contribution is 2.28. The predicted molar refractivity (Wildman–Crippen MR) is 117 cm³/mol. The number of rotatable bonds is 8. The summed E-state index contributed by atoms with van der Waals surface area (Å²) in [4.78, 5) is 46.8. The molecule has 0 spiro atoms. The van der Waals surface area contributed by atoms with Gasteiger partial charge in [-0.3, -0.25) is 19.2 Å². The average Bonchev–Trinajstić information content (AvgIpc) is 3.22. The first-order valence-corrected chi connectivity index (χ1v) is 11.1. The van der Waals surface area contributed by atoms with Crippen molar-refractivity contribution in [1.82, 2.24) is 16.0 Å². The average molecular weight is 490 g/mol. The van der Waals surface area contributed by atoms with Crippen LogP contribution in [0.3, 0.4) is 0 Å². The molecule has 0 aromatic rings. The van der Waals surface area contributed by atoms with Gasteiger partial charge in [-0.1, -0.05) is 0 Å². The second kappa shape index (κ2) is 12.7. The van der Waals surface area contributed by atoms with Gasteiger partial charge in [-0.15, -0.1) is 0 Å². The van der Waals surface area contributed by atoms with Gasteiger partial charge in [0, 0.05) is 40.3 Å². The molecule has 0 bridgehead atoms. The molecule has 0 saturated carbocycles. The summed E-state index contributed by atoms with van der Waals surface area (Å²) < 4.78 is 27.1. The number of nitrogens with one attached hydrogen (secondary N) is 3. The van der Waals surface area contributed by atoms with E-state index in [0.717, 1.165) is 33.2 Å². The number of thiocarbonyl (C=S) groups is 1. The number of carbonyl (C=O) groups excluding carboxylic acids is 4. The summed E-state index contributed by atoms with van der Waals surface area (Å²) in [7, 11) is 0. The van der Waals surface area contributed by atoms with Crippen LogP contribution >= 0.6 is 12.2 Å². The van der Waals surface area contributed by atoms with Gasteiger partial charge >= 0.3 is 23.9 Å². The zero-order valence-corrected chi connectivity index (χ0v) is 19.9. The van der Waals surface area contributed by atoms with E-state index < -0.39 is 54.5 Å². The molecule has 33 heavy (non-hydrogen) atoms. The SMILES string of the molecule is CC(=O)OC[C@H]1O[C@@H](NC(=S)NC[C@@H]2CCCN2)[C@H](OC(C)=O)[C@@H](OC(C)=O)[C@@H]1OC(C)=O. The molecule has 2 aliphatic rings. The standard InChI is InChI=1S/C20H31N3O9S/c1-10(24)28-9-15-16(29-11(2)25)17(30-12(3)26)18(31-13(4)27)19(32-15)23-20(33)22-8-14-6-5-7-21-14/h14-19,21H,5-9H2,1-4H3,(H2,22,23,33)/t14-,15+,16+,17-,18+,19+/m0/s1. The van der Waals surface area contributed by atoms with E-state index in [1.807, 2.05) is 0 Å². The molecule has 0 aliphatic carbocycles. The smallest absolute Gasteiger partial charge is 0.303 e. The second-order valence-electron chi connectivity index (χ2n) is 7.77. The lowest BCUT2D eigenvalue weighted by Crippen LogP contribution is -2.67.